The molecule has 2 aromatic heterocycles. The number of aromatic nitrogens is 1. The Bertz CT molecular complexity index is 691. The number of nitriles is 1. The molecule has 0 atom stereocenters. The molecule has 3 rings (SSSR count). The minimum absolute atomic E-state index is 0.617. The Balaban J connectivity index is 2.53. The number of rotatable bonds is 0. The van der Waals surface area contributed by atoms with E-state index >= 15 is 0 Å². The summed E-state index contributed by atoms with van der Waals surface area (Å²) >= 11 is 1.66. The van der Waals surface area contributed by atoms with Gasteiger partial charge in [0.1, 0.15) is 10.9 Å². The molecular formula is C12H6N2S. The van der Waals surface area contributed by atoms with Crippen LogP contribution in [0.1, 0.15) is 5.56 Å². The zero-order valence-electron chi connectivity index (χ0n) is 7.77. The standard InChI is InChI=1S/C12H6N2S/c13-6-8-5-10-9-3-1-2-4-11(9)15-12(10)14-7-8/h1-5,7H. The SMILES string of the molecule is N#Cc1cnc2sc3ccccc3c2c1. The molecule has 0 spiro atoms. The maximum absolute atomic E-state index is 8.82. The summed E-state index contributed by atoms with van der Waals surface area (Å²) in [5.41, 5.74) is 0.617. The molecule has 2 heterocycles. The third-order valence-corrected chi connectivity index (χ3v) is 3.46. The van der Waals surface area contributed by atoms with Crippen LogP contribution in [0.15, 0.2) is 36.5 Å². The lowest BCUT2D eigenvalue weighted by molar-refractivity contribution is 1.40. The van der Waals surface area contributed by atoms with Gasteiger partial charge in [-0.3, -0.25) is 0 Å². The first-order chi connectivity index (χ1) is 7.38. The molecule has 0 fully saturated rings. The van der Waals surface area contributed by atoms with Crippen molar-refractivity contribution in [2.45, 2.75) is 0 Å². The van der Waals surface area contributed by atoms with E-state index in [0.717, 1.165) is 10.2 Å². The van der Waals surface area contributed by atoms with E-state index in [-0.39, 0.29) is 0 Å². The molecule has 0 unspecified atom stereocenters. The molecule has 2 nitrogen and oxygen atoms in total. The molecule has 70 valence electrons. The van der Waals surface area contributed by atoms with Crippen LogP contribution in [0.5, 0.6) is 0 Å². The number of hydrogen-bond acceptors (Lipinski definition) is 3. The van der Waals surface area contributed by atoms with E-state index in [2.05, 4.69) is 23.2 Å². The third kappa shape index (κ3) is 1.19. The highest BCUT2D eigenvalue weighted by Crippen LogP contribution is 2.32. The molecule has 0 aliphatic carbocycles. The predicted molar refractivity (Wildman–Crippen MR) is 61.8 cm³/mol. The molecule has 0 aliphatic heterocycles. The van der Waals surface area contributed by atoms with Crippen LogP contribution in [-0.4, -0.2) is 4.98 Å². The zero-order chi connectivity index (χ0) is 10.3. The van der Waals surface area contributed by atoms with Crippen LogP contribution >= 0.6 is 11.3 Å². The minimum atomic E-state index is 0.617. The fourth-order valence-corrected chi connectivity index (χ4v) is 2.70. The van der Waals surface area contributed by atoms with Crippen molar-refractivity contribution in [2.75, 3.05) is 0 Å². The molecule has 0 saturated heterocycles. The Morgan fingerprint density at radius 1 is 1.20 bits per heavy atom. The maximum atomic E-state index is 8.82. The maximum Gasteiger partial charge on any atom is 0.124 e. The van der Waals surface area contributed by atoms with Gasteiger partial charge in [-0.15, -0.1) is 11.3 Å². The van der Waals surface area contributed by atoms with Gasteiger partial charge in [0.05, 0.1) is 5.56 Å². The van der Waals surface area contributed by atoms with Crippen molar-refractivity contribution in [2.24, 2.45) is 0 Å². The zero-order valence-corrected chi connectivity index (χ0v) is 8.58. The lowest BCUT2D eigenvalue weighted by Crippen LogP contribution is -1.76. The molecule has 1 aromatic carbocycles. The summed E-state index contributed by atoms with van der Waals surface area (Å²) < 4.78 is 1.22. The van der Waals surface area contributed by atoms with Crippen LogP contribution in [-0.2, 0) is 0 Å². The van der Waals surface area contributed by atoms with Gasteiger partial charge < -0.3 is 0 Å². The lowest BCUT2D eigenvalue weighted by Gasteiger charge is -1.90. The van der Waals surface area contributed by atoms with Crippen LogP contribution in [0.25, 0.3) is 20.3 Å². The highest BCUT2D eigenvalue weighted by molar-refractivity contribution is 7.25. The Morgan fingerprint density at radius 2 is 2.07 bits per heavy atom. The molecule has 0 saturated carbocycles. The molecule has 3 aromatic rings. The highest BCUT2D eigenvalue weighted by Gasteiger charge is 2.05. The molecule has 0 radical (unpaired) electrons. The summed E-state index contributed by atoms with van der Waals surface area (Å²) in [6.45, 7) is 0. The summed E-state index contributed by atoms with van der Waals surface area (Å²) in [6, 6.07) is 12.2. The van der Waals surface area contributed by atoms with Gasteiger partial charge in [-0.05, 0) is 12.1 Å². The first kappa shape index (κ1) is 8.39. The van der Waals surface area contributed by atoms with E-state index in [1.807, 2.05) is 18.2 Å². The van der Waals surface area contributed by atoms with E-state index in [0.29, 0.717) is 5.56 Å². The summed E-state index contributed by atoms with van der Waals surface area (Å²) in [6.07, 6.45) is 1.62. The number of thiophene rings is 1. The summed E-state index contributed by atoms with van der Waals surface area (Å²) in [5.74, 6) is 0. The number of pyridine rings is 1. The topological polar surface area (TPSA) is 36.7 Å². The minimum Gasteiger partial charge on any atom is -0.244 e. The second kappa shape index (κ2) is 3.04. The number of nitrogens with zero attached hydrogens (tertiary/aromatic N) is 2. The van der Waals surface area contributed by atoms with Crippen molar-refractivity contribution < 1.29 is 0 Å². The molecular weight excluding hydrogens is 204 g/mol. The van der Waals surface area contributed by atoms with Gasteiger partial charge in [0.25, 0.3) is 0 Å². The Hall–Kier alpha value is -1.92. The quantitative estimate of drug-likeness (QED) is 0.570. The first-order valence-electron chi connectivity index (χ1n) is 4.56. The number of fused-ring (bicyclic) bond motifs is 3. The molecule has 3 heteroatoms. The van der Waals surface area contributed by atoms with Gasteiger partial charge in [-0.25, -0.2) is 4.98 Å². The lowest BCUT2D eigenvalue weighted by atomic mass is 10.2. The van der Waals surface area contributed by atoms with Crippen LogP contribution in [0.3, 0.4) is 0 Å². The van der Waals surface area contributed by atoms with Crippen molar-refractivity contribution in [3.63, 3.8) is 0 Å². The first-order valence-corrected chi connectivity index (χ1v) is 5.37. The fraction of sp³-hybridized carbons (Fsp3) is 0. The van der Waals surface area contributed by atoms with E-state index in [9.17, 15) is 0 Å². The van der Waals surface area contributed by atoms with E-state index < -0.39 is 0 Å². The Morgan fingerprint density at radius 3 is 2.93 bits per heavy atom. The van der Waals surface area contributed by atoms with Gasteiger partial charge in [-0.1, -0.05) is 18.2 Å². The van der Waals surface area contributed by atoms with Crippen molar-refractivity contribution in [3.05, 3.63) is 42.1 Å². The number of benzene rings is 1. The van der Waals surface area contributed by atoms with E-state index in [4.69, 9.17) is 5.26 Å². The summed E-state index contributed by atoms with van der Waals surface area (Å²) in [4.78, 5) is 5.28. The molecule has 0 bridgehead atoms. The molecule has 0 N–H and O–H groups in total. The average molecular weight is 210 g/mol. The van der Waals surface area contributed by atoms with Gasteiger partial charge in [0, 0.05) is 21.7 Å². The van der Waals surface area contributed by atoms with Gasteiger partial charge in [-0.2, -0.15) is 5.26 Å². The van der Waals surface area contributed by atoms with Crippen LogP contribution in [0, 0.1) is 11.3 Å². The van der Waals surface area contributed by atoms with Gasteiger partial charge >= 0.3 is 0 Å². The molecule has 0 aliphatic rings. The molecule has 0 amide bonds. The number of hydrogen-bond donors (Lipinski definition) is 0. The predicted octanol–water partition coefficient (Wildman–Crippen LogP) is 3.32. The average Bonchev–Trinajstić information content (AvgIpc) is 2.66. The third-order valence-electron chi connectivity index (χ3n) is 2.36. The van der Waals surface area contributed by atoms with Crippen LogP contribution in [0.4, 0.5) is 0 Å². The van der Waals surface area contributed by atoms with Crippen molar-refractivity contribution in [1.82, 2.24) is 4.98 Å². The van der Waals surface area contributed by atoms with Gasteiger partial charge in [0.2, 0.25) is 0 Å². The van der Waals surface area contributed by atoms with Crippen LogP contribution < -0.4 is 0 Å². The Kier molecular flexibility index (Phi) is 1.70. The van der Waals surface area contributed by atoms with Crippen molar-refractivity contribution >= 4 is 31.6 Å². The largest absolute Gasteiger partial charge is 0.244 e. The van der Waals surface area contributed by atoms with Crippen LogP contribution in [0.2, 0.25) is 0 Å². The second-order valence-corrected chi connectivity index (χ2v) is 4.32. The monoisotopic (exact) mass is 210 g/mol. The van der Waals surface area contributed by atoms with E-state index in [1.165, 1.54) is 10.1 Å². The smallest absolute Gasteiger partial charge is 0.124 e. The van der Waals surface area contributed by atoms with E-state index in [1.54, 1.807) is 17.5 Å². The summed E-state index contributed by atoms with van der Waals surface area (Å²) in [5, 5.41) is 11.1. The fourth-order valence-electron chi connectivity index (χ4n) is 1.67. The normalized spacial score (nSPS) is 10.6. The molecule has 15 heavy (non-hydrogen) atoms. The highest BCUT2D eigenvalue weighted by atomic mass is 32.1. The van der Waals surface area contributed by atoms with Crippen molar-refractivity contribution in [3.8, 4) is 6.07 Å². The Labute approximate surface area is 90.4 Å². The summed E-state index contributed by atoms with van der Waals surface area (Å²) in [7, 11) is 0. The second-order valence-electron chi connectivity index (χ2n) is 3.29. The van der Waals surface area contributed by atoms with Crippen molar-refractivity contribution in [1.29, 1.82) is 5.26 Å². The van der Waals surface area contributed by atoms with Gasteiger partial charge in [0.15, 0.2) is 0 Å².